The van der Waals surface area contributed by atoms with Crippen molar-refractivity contribution in [1.29, 1.82) is 5.26 Å². The highest BCUT2D eigenvalue weighted by atomic mass is 32.2. The number of aryl methyl sites for hydroxylation is 1. The van der Waals surface area contributed by atoms with Crippen LogP contribution in [0.1, 0.15) is 5.56 Å². The first-order valence-corrected chi connectivity index (χ1v) is 8.64. The van der Waals surface area contributed by atoms with E-state index in [-0.39, 0.29) is 24.2 Å². The van der Waals surface area contributed by atoms with E-state index < -0.39 is 15.1 Å². The van der Waals surface area contributed by atoms with Crippen molar-refractivity contribution in [2.45, 2.75) is 5.25 Å². The lowest BCUT2D eigenvalue weighted by Gasteiger charge is -2.40. The highest BCUT2D eigenvalue weighted by molar-refractivity contribution is 7.95. The maximum absolute atomic E-state index is 12.4. The van der Waals surface area contributed by atoms with Gasteiger partial charge in [-0.15, -0.1) is 0 Å². The van der Waals surface area contributed by atoms with Crippen molar-refractivity contribution in [3.63, 3.8) is 0 Å². The third-order valence-electron chi connectivity index (χ3n) is 4.25. The fourth-order valence-corrected chi connectivity index (χ4v) is 3.92. The van der Waals surface area contributed by atoms with Gasteiger partial charge in [0, 0.05) is 30.9 Å². The zero-order valence-electron chi connectivity index (χ0n) is 12.6. The van der Waals surface area contributed by atoms with E-state index in [9.17, 15) is 18.5 Å². The average Bonchev–Trinajstić information content (AvgIpc) is 2.50. The Labute approximate surface area is 133 Å². The predicted octanol–water partition coefficient (Wildman–Crippen LogP) is 1.16. The summed E-state index contributed by atoms with van der Waals surface area (Å²) in [5, 5.41) is 10.6. The van der Waals surface area contributed by atoms with Crippen molar-refractivity contribution in [3.05, 3.63) is 52.2 Å². The smallest absolute Gasteiger partial charge is 0.270 e. The summed E-state index contributed by atoms with van der Waals surface area (Å²) in [7, 11) is -1.72. The summed E-state index contributed by atoms with van der Waals surface area (Å²) >= 11 is 0. The Morgan fingerprint density at radius 3 is 2.61 bits per heavy atom. The van der Waals surface area contributed by atoms with Crippen LogP contribution < -0.4 is 10.5 Å². The van der Waals surface area contributed by atoms with Gasteiger partial charge in [0.05, 0.1) is 11.2 Å². The highest BCUT2D eigenvalue weighted by Gasteiger charge is 2.38. The molecule has 0 amide bonds. The van der Waals surface area contributed by atoms with Crippen LogP contribution in [0.15, 0.2) is 41.0 Å². The zero-order valence-corrected chi connectivity index (χ0v) is 13.4. The van der Waals surface area contributed by atoms with Crippen LogP contribution in [0.5, 0.6) is 0 Å². The molecule has 0 saturated carbocycles. The molecule has 2 heterocycles. The molecule has 6 nitrogen and oxygen atoms in total. The van der Waals surface area contributed by atoms with Crippen molar-refractivity contribution in [2.24, 2.45) is 7.05 Å². The molecule has 3 rings (SSSR count). The van der Waals surface area contributed by atoms with Crippen molar-refractivity contribution in [1.82, 2.24) is 4.57 Å². The first-order chi connectivity index (χ1) is 10.9. The average molecular weight is 329 g/mol. The molecule has 1 saturated heterocycles. The molecular weight excluding hydrogens is 314 g/mol. The van der Waals surface area contributed by atoms with Crippen molar-refractivity contribution in [2.75, 3.05) is 18.0 Å². The molecular formula is C16H15N3O3S. The summed E-state index contributed by atoms with van der Waals surface area (Å²) in [5.74, 6) is 0. The van der Waals surface area contributed by atoms with Gasteiger partial charge in [-0.3, -0.25) is 4.79 Å². The molecule has 7 heteroatoms. The summed E-state index contributed by atoms with van der Waals surface area (Å²) < 4.78 is 25.1. The Bertz CT molecular complexity index is 1010. The number of rotatable bonds is 3. The third kappa shape index (κ3) is 2.23. The van der Waals surface area contributed by atoms with Crippen molar-refractivity contribution in [3.8, 4) is 6.07 Å². The maximum atomic E-state index is 12.4. The molecule has 0 spiro atoms. The van der Waals surface area contributed by atoms with Gasteiger partial charge >= 0.3 is 0 Å². The summed E-state index contributed by atoms with van der Waals surface area (Å²) in [6.45, 7) is 3.83. The summed E-state index contributed by atoms with van der Waals surface area (Å²) in [6, 6.07) is 9.25. The van der Waals surface area contributed by atoms with Gasteiger partial charge in [0.15, 0.2) is 9.84 Å². The van der Waals surface area contributed by atoms with Crippen LogP contribution in [-0.4, -0.2) is 31.3 Å². The number of nitrogens with zero attached hydrogens (tertiary/aromatic N) is 3. The van der Waals surface area contributed by atoms with E-state index in [1.807, 2.05) is 24.3 Å². The fourth-order valence-electron chi connectivity index (χ4n) is 2.87. The number of sulfone groups is 1. The number of hydrogen-bond acceptors (Lipinski definition) is 5. The Morgan fingerprint density at radius 1 is 1.35 bits per heavy atom. The van der Waals surface area contributed by atoms with E-state index in [0.29, 0.717) is 11.2 Å². The maximum Gasteiger partial charge on any atom is 0.270 e. The molecule has 1 aliphatic heterocycles. The Morgan fingerprint density at radius 2 is 2.00 bits per heavy atom. The summed E-state index contributed by atoms with van der Waals surface area (Å²) in [5.41, 5.74) is 0.889. The van der Waals surface area contributed by atoms with Crippen LogP contribution in [0.2, 0.25) is 0 Å². The molecule has 1 aromatic carbocycles. The number of fused-ring (bicyclic) bond motifs is 1. The molecule has 1 fully saturated rings. The minimum atomic E-state index is -3.34. The number of benzene rings is 1. The molecule has 0 aliphatic carbocycles. The van der Waals surface area contributed by atoms with Gasteiger partial charge in [-0.2, -0.15) is 5.26 Å². The van der Waals surface area contributed by atoms with Gasteiger partial charge in [-0.05, 0) is 6.07 Å². The van der Waals surface area contributed by atoms with E-state index in [4.69, 9.17) is 0 Å². The molecule has 1 aromatic heterocycles. The Hall–Kier alpha value is -2.59. The predicted molar refractivity (Wildman–Crippen MR) is 89.0 cm³/mol. The lowest BCUT2D eigenvalue weighted by atomic mass is 10.0. The summed E-state index contributed by atoms with van der Waals surface area (Å²) in [4.78, 5) is 14.2. The summed E-state index contributed by atoms with van der Waals surface area (Å²) in [6.07, 6.45) is 0. The third-order valence-corrected chi connectivity index (χ3v) is 5.94. The Balaban J connectivity index is 2.16. The molecule has 0 bridgehead atoms. The van der Waals surface area contributed by atoms with Gasteiger partial charge in [0.2, 0.25) is 0 Å². The molecule has 23 heavy (non-hydrogen) atoms. The van der Waals surface area contributed by atoms with Crippen LogP contribution in [0.25, 0.3) is 10.9 Å². The Kier molecular flexibility index (Phi) is 3.49. The van der Waals surface area contributed by atoms with Gasteiger partial charge in [-0.25, -0.2) is 8.42 Å². The van der Waals surface area contributed by atoms with Crippen LogP contribution in [0.4, 0.5) is 5.69 Å². The number of anilines is 1. The van der Waals surface area contributed by atoms with Crippen molar-refractivity contribution < 1.29 is 8.42 Å². The topological polar surface area (TPSA) is 83.2 Å². The van der Waals surface area contributed by atoms with Crippen LogP contribution >= 0.6 is 0 Å². The second kappa shape index (κ2) is 5.25. The molecule has 0 N–H and O–H groups in total. The number of aromatic nitrogens is 1. The number of hydrogen-bond donors (Lipinski definition) is 0. The van der Waals surface area contributed by atoms with E-state index in [0.717, 1.165) is 10.8 Å². The minimum Gasteiger partial charge on any atom is -0.367 e. The van der Waals surface area contributed by atoms with Gasteiger partial charge in [0.1, 0.15) is 16.9 Å². The number of nitriles is 1. The van der Waals surface area contributed by atoms with E-state index >= 15 is 0 Å². The minimum absolute atomic E-state index is 0.0423. The van der Waals surface area contributed by atoms with Crippen LogP contribution in [0, 0.1) is 11.3 Å². The van der Waals surface area contributed by atoms with Gasteiger partial charge in [-0.1, -0.05) is 24.8 Å². The number of para-hydroxylation sites is 1. The van der Waals surface area contributed by atoms with E-state index in [1.54, 1.807) is 18.0 Å². The lowest BCUT2D eigenvalue weighted by molar-refractivity contribution is 0.549. The van der Waals surface area contributed by atoms with Gasteiger partial charge in [0.25, 0.3) is 5.56 Å². The second-order valence-electron chi connectivity index (χ2n) is 5.50. The molecule has 2 aromatic rings. The van der Waals surface area contributed by atoms with Gasteiger partial charge < -0.3 is 9.47 Å². The zero-order chi connectivity index (χ0) is 16.8. The highest BCUT2D eigenvalue weighted by Crippen LogP contribution is 2.33. The second-order valence-corrected chi connectivity index (χ2v) is 7.68. The fraction of sp³-hybridized carbons (Fsp3) is 0.250. The van der Waals surface area contributed by atoms with E-state index in [2.05, 4.69) is 6.58 Å². The molecule has 0 radical (unpaired) electrons. The van der Waals surface area contributed by atoms with E-state index in [1.165, 1.54) is 4.57 Å². The first kappa shape index (κ1) is 15.3. The van der Waals surface area contributed by atoms with Crippen LogP contribution in [-0.2, 0) is 16.9 Å². The molecule has 0 atom stereocenters. The molecule has 0 unspecified atom stereocenters. The monoisotopic (exact) mass is 329 g/mol. The quantitative estimate of drug-likeness (QED) is 0.844. The molecule has 1 aliphatic rings. The lowest BCUT2D eigenvalue weighted by Crippen LogP contribution is -2.55. The number of pyridine rings is 1. The van der Waals surface area contributed by atoms with Crippen molar-refractivity contribution >= 4 is 26.4 Å². The standard InChI is InChI=1S/C16H15N3O3S/c1-3-23(21,22)11-9-19(10-11)15-12-6-4-5-7-14(12)18(2)16(20)13(15)8-17/h3-7,11H,1,9-10H2,2H3. The van der Waals surface area contributed by atoms with Crippen LogP contribution in [0.3, 0.4) is 0 Å². The molecule has 118 valence electrons. The SMILES string of the molecule is C=CS(=O)(=O)C1CN(c2c(C#N)c(=O)n(C)c3ccccc23)C1. The largest absolute Gasteiger partial charge is 0.367 e. The first-order valence-electron chi connectivity index (χ1n) is 7.04. The normalized spacial score (nSPS) is 15.2.